The van der Waals surface area contributed by atoms with E-state index in [4.69, 9.17) is 4.74 Å². The second kappa shape index (κ2) is 6.02. The maximum atomic E-state index is 5.21. The Morgan fingerprint density at radius 3 is 2.63 bits per heavy atom. The third-order valence-corrected chi connectivity index (χ3v) is 3.72. The van der Waals surface area contributed by atoms with Crippen LogP contribution in [0.4, 0.5) is 5.69 Å². The molecule has 0 unspecified atom stereocenters. The fourth-order valence-electron chi connectivity index (χ4n) is 1.78. The molecule has 98 valence electrons. The molecule has 2 nitrogen and oxygen atoms in total. The van der Waals surface area contributed by atoms with Gasteiger partial charge in [-0.2, -0.15) is 0 Å². The first-order chi connectivity index (χ1) is 9.11. The van der Waals surface area contributed by atoms with Gasteiger partial charge in [0.2, 0.25) is 0 Å². The third kappa shape index (κ3) is 3.24. The van der Waals surface area contributed by atoms with Gasteiger partial charge >= 0.3 is 0 Å². The van der Waals surface area contributed by atoms with Crippen molar-refractivity contribution >= 4 is 27.8 Å². The number of hydrogen-bond donors (Lipinski definition) is 0. The van der Waals surface area contributed by atoms with Crippen LogP contribution in [0.2, 0.25) is 0 Å². The van der Waals surface area contributed by atoms with Crippen LogP contribution in [0.15, 0.2) is 45.9 Å². The SMILES string of the molecule is COc1ccc(C=Nc2cccc(C)c2C)cc1Br. The van der Waals surface area contributed by atoms with E-state index in [2.05, 4.69) is 40.8 Å². The topological polar surface area (TPSA) is 21.6 Å². The van der Waals surface area contributed by atoms with Gasteiger partial charge in [-0.05, 0) is 70.7 Å². The van der Waals surface area contributed by atoms with Crippen LogP contribution in [0, 0.1) is 13.8 Å². The van der Waals surface area contributed by atoms with Crippen LogP contribution in [-0.2, 0) is 0 Å². The van der Waals surface area contributed by atoms with Crippen molar-refractivity contribution in [2.75, 3.05) is 7.11 Å². The lowest BCUT2D eigenvalue weighted by Crippen LogP contribution is -1.87. The van der Waals surface area contributed by atoms with Gasteiger partial charge < -0.3 is 4.74 Å². The number of aliphatic imine (C=N–C) groups is 1. The molecule has 0 heterocycles. The fourth-order valence-corrected chi connectivity index (χ4v) is 2.34. The zero-order chi connectivity index (χ0) is 13.8. The van der Waals surface area contributed by atoms with Gasteiger partial charge in [-0.25, -0.2) is 0 Å². The first-order valence-corrected chi connectivity index (χ1v) is 6.85. The average Bonchev–Trinajstić information content (AvgIpc) is 2.40. The Hall–Kier alpha value is -1.61. The number of benzene rings is 2. The maximum Gasteiger partial charge on any atom is 0.133 e. The van der Waals surface area contributed by atoms with Gasteiger partial charge in [0.25, 0.3) is 0 Å². The van der Waals surface area contributed by atoms with Crippen LogP contribution in [0.25, 0.3) is 0 Å². The summed E-state index contributed by atoms with van der Waals surface area (Å²) < 4.78 is 6.14. The molecule has 0 fully saturated rings. The smallest absolute Gasteiger partial charge is 0.133 e. The second-order valence-electron chi connectivity index (χ2n) is 4.37. The highest BCUT2D eigenvalue weighted by Crippen LogP contribution is 2.26. The van der Waals surface area contributed by atoms with Crippen LogP contribution < -0.4 is 4.74 Å². The van der Waals surface area contributed by atoms with Gasteiger partial charge in [-0.1, -0.05) is 12.1 Å². The molecule has 0 aliphatic heterocycles. The zero-order valence-electron chi connectivity index (χ0n) is 11.3. The molecule has 0 amide bonds. The minimum absolute atomic E-state index is 0.823. The Morgan fingerprint density at radius 1 is 1.16 bits per heavy atom. The predicted molar refractivity (Wildman–Crippen MR) is 83.9 cm³/mol. The van der Waals surface area contributed by atoms with Crippen molar-refractivity contribution in [3.05, 3.63) is 57.6 Å². The molecule has 0 atom stereocenters. The Bertz CT molecular complexity index is 620. The van der Waals surface area contributed by atoms with E-state index in [0.717, 1.165) is 21.5 Å². The van der Waals surface area contributed by atoms with E-state index in [9.17, 15) is 0 Å². The first-order valence-electron chi connectivity index (χ1n) is 6.05. The molecule has 0 bridgehead atoms. The molecule has 0 aliphatic carbocycles. The summed E-state index contributed by atoms with van der Waals surface area (Å²) >= 11 is 3.47. The monoisotopic (exact) mass is 317 g/mol. The van der Waals surface area contributed by atoms with E-state index in [0.29, 0.717) is 0 Å². The maximum absolute atomic E-state index is 5.21. The largest absolute Gasteiger partial charge is 0.496 e. The Labute approximate surface area is 122 Å². The number of rotatable bonds is 3. The Balaban J connectivity index is 2.28. The lowest BCUT2D eigenvalue weighted by molar-refractivity contribution is 0.412. The quantitative estimate of drug-likeness (QED) is 0.743. The summed E-state index contributed by atoms with van der Waals surface area (Å²) in [7, 11) is 1.66. The minimum Gasteiger partial charge on any atom is -0.496 e. The summed E-state index contributed by atoms with van der Waals surface area (Å²) in [6.07, 6.45) is 1.87. The van der Waals surface area contributed by atoms with E-state index < -0.39 is 0 Å². The molecule has 19 heavy (non-hydrogen) atoms. The van der Waals surface area contributed by atoms with Crippen molar-refractivity contribution in [1.82, 2.24) is 0 Å². The van der Waals surface area contributed by atoms with E-state index in [1.165, 1.54) is 11.1 Å². The van der Waals surface area contributed by atoms with Crippen LogP contribution in [0.5, 0.6) is 5.75 Å². The molecule has 0 spiro atoms. The van der Waals surface area contributed by atoms with Crippen molar-refractivity contribution in [2.45, 2.75) is 13.8 Å². The van der Waals surface area contributed by atoms with Crippen molar-refractivity contribution in [1.29, 1.82) is 0 Å². The first kappa shape index (κ1) is 13.8. The molecule has 0 N–H and O–H groups in total. The van der Waals surface area contributed by atoms with Crippen LogP contribution in [0.3, 0.4) is 0 Å². The summed E-state index contributed by atoms with van der Waals surface area (Å²) in [4.78, 5) is 4.55. The summed E-state index contributed by atoms with van der Waals surface area (Å²) in [5, 5.41) is 0. The molecule has 0 saturated heterocycles. The van der Waals surface area contributed by atoms with Crippen molar-refractivity contribution < 1.29 is 4.74 Å². The highest BCUT2D eigenvalue weighted by Gasteiger charge is 2.01. The number of halogens is 1. The lowest BCUT2D eigenvalue weighted by Gasteiger charge is -2.04. The molecule has 2 aromatic carbocycles. The summed E-state index contributed by atoms with van der Waals surface area (Å²) in [6.45, 7) is 4.18. The zero-order valence-corrected chi connectivity index (χ0v) is 12.9. The van der Waals surface area contributed by atoms with Crippen molar-refractivity contribution in [2.24, 2.45) is 4.99 Å². The molecule has 2 rings (SSSR count). The van der Waals surface area contributed by atoms with E-state index in [1.54, 1.807) is 7.11 Å². The molecule has 0 aliphatic rings. The molecule has 0 radical (unpaired) electrons. The van der Waals surface area contributed by atoms with E-state index in [-0.39, 0.29) is 0 Å². The number of methoxy groups -OCH3 is 1. The second-order valence-corrected chi connectivity index (χ2v) is 5.23. The third-order valence-electron chi connectivity index (χ3n) is 3.10. The number of nitrogens with zero attached hydrogens (tertiary/aromatic N) is 1. The average molecular weight is 318 g/mol. The molecule has 0 saturated carbocycles. The highest BCUT2D eigenvalue weighted by molar-refractivity contribution is 9.10. The fraction of sp³-hybridized carbons (Fsp3) is 0.188. The normalized spacial score (nSPS) is 10.9. The molecular weight excluding hydrogens is 302 g/mol. The number of hydrogen-bond acceptors (Lipinski definition) is 2. The van der Waals surface area contributed by atoms with Crippen LogP contribution >= 0.6 is 15.9 Å². The van der Waals surface area contributed by atoms with Crippen LogP contribution in [-0.4, -0.2) is 13.3 Å². The van der Waals surface area contributed by atoms with Gasteiger partial charge in [-0.3, -0.25) is 4.99 Å². The van der Waals surface area contributed by atoms with E-state index >= 15 is 0 Å². The summed E-state index contributed by atoms with van der Waals surface area (Å²) in [6, 6.07) is 12.1. The van der Waals surface area contributed by atoms with Crippen molar-refractivity contribution in [3.8, 4) is 5.75 Å². The van der Waals surface area contributed by atoms with E-state index in [1.807, 2.05) is 36.5 Å². The van der Waals surface area contributed by atoms with Gasteiger partial charge in [0.15, 0.2) is 0 Å². The number of aryl methyl sites for hydroxylation is 1. The highest BCUT2D eigenvalue weighted by atomic mass is 79.9. The molecule has 0 aromatic heterocycles. The van der Waals surface area contributed by atoms with Crippen LogP contribution in [0.1, 0.15) is 16.7 Å². The summed E-state index contributed by atoms with van der Waals surface area (Å²) in [5.41, 5.74) is 4.51. The Kier molecular flexibility index (Phi) is 4.38. The minimum atomic E-state index is 0.823. The lowest BCUT2D eigenvalue weighted by atomic mass is 10.1. The van der Waals surface area contributed by atoms with Crippen molar-refractivity contribution in [3.63, 3.8) is 0 Å². The summed E-state index contributed by atoms with van der Waals surface area (Å²) in [5.74, 6) is 0.823. The Morgan fingerprint density at radius 2 is 1.95 bits per heavy atom. The predicted octanol–water partition coefficient (Wildman–Crippen LogP) is 4.83. The van der Waals surface area contributed by atoms with Gasteiger partial charge in [0.1, 0.15) is 5.75 Å². The molecular formula is C16H16BrNO. The molecule has 3 heteroatoms. The molecule has 2 aromatic rings. The standard InChI is InChI=1S/C16H16BrNO/c1-11-5-4-6-15(12(11)2)18-10-13-7-8-16(19-3)14(17)9-13/h4-10H,1-3H3. The van der Waals surface area contributed by atoms with Gasteiger partial charge in [-0.15, -0.1) is 0 Å². The van der Waals surface area contributed by atoms with Gasteiger partial charge in [0, 0.05) is 6.21 Å². The number of ether oxygens (including phenoxy) is 1. The van der Waals surface area contributed by atoms with Gasteiger partial charge in [0.05, 0.1) is 17.3 Å².